The van der Waals surface area contributed by atoms with Crippen LogP contribution in [0.3, 0.4) is 0 Å². The number of nitrogens with zero attached hydrogens (tertiary/aromatic N) is 3. The molecule has 0 fully saturated rings. The summed E-state index contributed by atoms with van der Waals surface area (Å²) in [5.74, 6) is 2.37. The zero-order valence-corrected chi connectivity index (χ0v) is 44.9. The minimum absolute atomic E-state index is 0.255. The lowest BCUT2D eigenvalue weighted by Gasteiger charge is -2.30. The quantitative estimate of drug-likeness (QED) is 0.0706. The zero-order valence-electron chi connectivity index (χ0n) is 42.2. The largest absolute Gasteiger partial charge is 0.679 e. The molecule has 0 radical (unpaired) electrons. The summed E-state index contributed by atoms with van der Waals surface area (Å²) in [5, 5.41) is 0. The Morgan fingerprint density at radius 2 is 0.764 bits per heavy atom. The van der Waals surface area contributed by atoms with Crippen molar-refractivity contribution in [2.24, 2.45) is 13.8 Å². The van der Waals surface area contributed by atoms with Crippen molar-refractivity contribution in [1.29, 1.82) is 0 Å². The molecule has 0 aliphatic heterocycles. The molecule has 0 aromatic heterocycles. The molecule has 0 spiro atoms. The van der Waals surface area contributed by atoms with E-state index in [1.807, 2.05) is 159 Å². The first kappa shape index (κ1) is 51.5. The van der Waals surface area contributed by atoms with Gasteiger partial charge in [0.2, 0.25) is 0 Å². The van der Waals surface area contributed by atoms with E-state index in [4.69, 9.17) is 41.1 Å². The van der Waals surface area contributed by atoms with Gasteiger partial charge in [0.25, 0.3) is 7.43 Å². The average molecular weight is 1020 g/mol. The van der Waals surface area contributed by atoms with Crippen LogP contribution in [0.2, 0.25) is 0 Å². The van der Waals surface area contributed by atoms with Gasteiger partial charge in [-0.25, -0.2) is 13.8 Å². The van der Waals surface area contributed by atoms with E-state index in [0.717, 1.165) is 11.1 Å². The Bertz CT molecular complexity index is 3090. The molecule has 8 rings (SSSR count). The molecule has 3 atom stereocenters. The third-order valence-electron chi connectivity index (χ3n) is 12.3. The van der Waals surface area contributed by atoms with Crippen LogP contribution in [0.5, 0.6) is 34.5 Å². The average Bonchev–Trinajstić information content (AvgIpc) is 3.38. The third kappa shape index (κ3) is 13.0. The maximum Gasteiger partial charge on any atom is 0.679 e. The van der Waals surface area contributed by atoms with Gasteiger partial charge in [-0.2, -0.15) is 0 Å². The van der Waals surface area contributed by atoms with Gasteiger partial charge < -0.3 is 18.3 Å². The second-order valence-electron chi connectivity index (χ2n) is 18.4. The molecule has 0 bridgehead atoms. The van der Waals surface area contributed by atoms with Crippen molar-refractivity contribution in [3.8, 4) is 34.5 Å². The molecule has 0 saturated heterocycles. The number of hydrogen-bond donors (Lipinski definition) is 0. The van der Waals surface area contributed by atoms with Crippen molar-refractivity contribution in [2.45, 2.75) is 72.1 Å². The van der Waals surface area contributed by atoms with Crippen LogP contribution in [0, 0.1) is 13.8 Å². The monoisotopic (exact) mass is 1010 g/mol. The van der Waals surface area contributed by atoms with E-state index in [9.17, 15) is 0 Å². The van der Waals surface area contributed by atoms with Crippen LogP contribution in [0.15, 0.2) is 232 Å². The first-order valence-corrected chi connectivity index (χ1v) is 28.5. The van der Waals surface area contributed by atoms with Gasteiger partial charge in [-0.1, -0.05) is 184 Å². The first-order chi connectivity index (χ1) is 34.7. The highest BCUT2D eigenvalue weighted by Crippen LogP contribution is 2.69. The molecule has 0 saturated carbocycles. The molecular formula is C60H63N3O6P3+. The second kappa shape index (κ2) is 23.1. The summed E-state index contributed by atoms with van der Waals surface area (Å²) < 4.78 is 58.3. The Balaban J connectivity index is 1.30. The fraction of sp³-hybridized carbons (Fsp3) is 0.200. The fourth-order valence-electron chi connectivity index (χ4n) is 7.92. The van der Waals surface area contributed by atoms with E-state index in [1.54, 1.807) is 0 Å². The molecule has 2 unspecified atom stereocenters. The van der Waals surface area contributed by atoms with Gasteiger partial charge in [0.05, 0.1) is 4.52 Å². The van der Waals surface area contributed by atoms with Crippen LogP contribution in [-0.4, -0.2) is 12.4 Å². The van der Waals surface area contributed by atoms with Crippen LogP contribution >= 0.6 is 23.3 Å². The van der Waals surface area contributed by atoms with Gasteiger partial charge in [0, 0.05) is 17.4 Å². The van der Waals surface area contributed by atoms with Crippen molar-refractivity contribution in [1.82, 2.24) is 0 Å². The third-order valence-corrected chi connectivity index (χ3v) is 19.5. The first-order valence-electron chi connectivity index (χ1n) is 24.2. The van der Waals surface area contributed by atoms with E-state index in [1.165, 1.54) is 22.3 Å². The summed E-state index contributed by atoms with van der Waals surface area (Å²) in [7, 11) is -9.99. The van der Waals surface area contributed by atoms with Crippen molar-refractivity contribution in [3.63, 3.8) is 0 Å². The van der Waals surface area contributed by atoms with E-state index < -0.39 is 29.1 Å². The van der Waals surface area contributed by atoms with Gasteiger partial charge >= 0.3 is 15.8 Å². The van der Waals surface area contributed by atoms with Gasteiger partial charge in [0.15, 0.2) is 17.3 Å². The summed E-state index contributed by atoms with van der Waals surface area (Å²) in [6.07, 6.45) is 0. The standard InChI is InChI=1S/C60H63N3O6P3/c1-9-61-71(67-56-24-16-11-17-25-56,48(4)64-53-42-38-51(39-43-53)59(5,6)49-34-30-46(2)31-35-49)63-72(68-57-26-18-12-19-27-57,69-58-28-20-13-21-29-58)62-70(65-54-22-14-10-15-23-54)66-55-44-40-52(41-45-55)60(7,8)50-36-32-47(3)33-37-50/h10-45,48H,9H2,1-8H3/q+1/t48?,71-/m0/s1. The molecule has 0 aliphatic carbocycles. The number of rotatable bonds is 20. The van der Waals surface area contributed by atoms with Crippen molar-refractivity contribution in [2.75, 3.05) is 6.54 Å². The van der Waals surface area contributed by atoms with Crippen LogP contribution in [0.25, 0.3) is 0 Å². The number of para-hydroxylation sites is 4. The second-order valence-corrected chi connectivity index (χ2v) is 24.4. The minimum atomic E-state index is -4.09. The molecule has 8 aromatic carbocycles. The van der Waals surface area contributed by atoms with E-state index in [0.29, 0.717) is 41.0 Å². The van der Waals surface area contributed by atoms with Gasteiger partial charge in [-0.3, -0.25) is 0 Å². The van der Waals surface area contributed by atoms with Crippen LogP contribution in [0.4, 0.5) is 0 Å². The van der Waals surface area contributed by atoms with Crippen molar-refractivity contribution >= 4 is 23.3 Å². The maximum atomic E-state index is 7.15. The van der Waals surface area contributed by atoms with Crippen molar-refractivity contribution in [3.05, 3.63) is 252 Å². The van der Waals surface area contributed by atoms with Gasteiger partial charge in [-0.05, 0) is 123 Å². The topological polar surface area (TPSA) is 92.5 Å². The fourth-order valence-corrected chi connectivity index (χ4v) is 15.2. The molecule has 9 nitrogen and oxygen atoms in total. The summed E-state index contributed by atoms with van der Waals surface area (Å²) >= 11 is 0. The summed E-state index contributed by atoms with van der Waals surface area (Å²) in [5.41, 5.74) is 6.59. The van der Waals surface area contributed by atoms with Crippen LogP contribution < -0.4 is 27.4 Å². The maximum absolute atomic E-state index is 7.15. The molecule has 368 valence electrons. The number of hydrogen-bond acceptors (Lipinski definition) is 7. The summed E-state index contributed by atoms with van der Waals surface area (Å²) in [4.78, 5) is 0. The summed E-state index contributed by atoms with van der Waals surface area (Å²) in [6.45, 7) is 17.3. The Labute approximate surface area is 427 Å². The molecule has 12 heteroatoms. The normalized spacial score (nSPS) is 13.2. The molecule has 72 heavy (non-hydrogen) atoms. The predicted molar refractivity (Wildman–Crippen MR) is 297 cm³/mol. The Morgan fingerprint density at radius 1 is 0.431 bits per heavy atom. The highest BCUT2D eigenvalue weighted by atomic mass is 31.2. The zero-order chi connectivity index (χ0) is 50.6. The van der Waals surface area contributed by atoms with E-state index in [-0.39, 0.29) is 10.8 Å². The molecule has 0 heterocycles. The van der Waals surface area contributed by atoms with Gasteiger partial charge in [0.1, 0.15) is 23.0 Å². The van der Waals surface area contributed by atoms with E-state index >= 15 is 0 Å². The molecule has 0 N–H and O–H groups in total. The molecule has 0 amide bonds. The Kier molecular flexibility index (Phi) is 16.5. The highest BCUT2D eigenvalue weighted by molar-refractivity contribution is 7.72. The van der Waals surface area contributed by atoms with Crippen LogP contribution in [0.1, 0.15) is 74.9 Å². The summed E-state index contributed by atoms with van der Waals surface area (Å²) in [6, 6.07) is 71.4. The Hall–Kier alpha value is -6.88. The SMILES string of the molecule is CCN=[P@@](N=P(N=[P+](Oc1ccccc1)Oc1ccc(C(C)(C)c2ccc(C)cc2)cc1)(Oc1ccccc1)Oc1ccccc1)(Oc1ccccc1)C(C)Oc1ccc(C(C)(C)c2ccc(C)cc2)cc1. The lowest BCUT2D eigenvalue weighted by molar-refractivity contribution is 0.287. The number of ether oxygens (including phenoxy) is 1. The van der Waals surface area contributed by atoms with E-state index in [2.05, 4.69) is 114 Å². The smallest absolute Gasteiger partial charge is 0.479 e. The van der Waals surface area contributed by atoms with Gasteiger partial charge in [-0.15, -0.1) is 4.52 Å². The number of aryl methyl sites for hydroxylation is 2. The lowest BCUT2D eigenvalue weighted by Crippen LogP contribution is -2.19. The predicted octanol–water partition coefficient (Wildman–Crippen LogP) is 18.6. The highest BCUT2D eigenvalue weighted by Gasteiger charge is 2.44. The Morgan fingerprint density at radius 3 is 1.15 bits per heavy atom. The molecule has 8 aromatic rings. The van der Waals surface area contributed by atoms with Crippen LogP contribution in [-0.2, 0) is 10.8 Å². The lowest BCUT2D eigenvalue weighted by atomic mass is 9.78. The van der Waals surface area contributed by atoms with Crippen molar-refractivity contribution < 1.29 is 27.4 Å². The number of benzene rings is 8. The minimum Gasteiger partial charge on any atom is -0.479 e. The molecule has 0 aliphatic rings. The molecular weight excluding hydrogens is 952 g/mol.